The van der Waals surface area contributed by atoms with Crippen molar-refractivity contribution in [1.29, 1.82) is 0 Å². The third-order valence-electron chi connectivity index (χ3n) is 4.50. The molecule has 0 amide bonds. The minimum Gasteiger partial charge on any atom is -0.489 e. The number of benzene rings is 1. The summed E-state index contributed by atoms with van der Waals surface area (Å²) in [6, 6.07) is 6.28. The van der Waals surface area contributed by atoms with Crippen LogP contribution >= 0.6 is 0 Å². The van der Waals surface area contributed by atoms with Gasteiger partial charge in [0.2, 0.25) is 0 Å². The van der Waals surface area contributed by atoms with Gasteiger partial charge in [0.15, 0.2) is 5.75 Å². The standard InChI is InChI=1S/C18H19FN2O3/c1-11-16(9-20-12(2)21-11)24-10-18(8-15(18)17(22)23-3)13-5-4-6-14(19)7-13/h4-7,9,15H,8,10H2,1-3H3/t15-,18+/m0/s1. The molecule has 1 aromatic heterocycles. The maximum Gasteiger partial charge on any atom is 0.309 e. The zero-order chi connectivity index (χ0) is 17.3. The highest BCUT2D eigenvalue weighted by atomic mass is 19.1. The van der Waals surface area contributed by atoms with E-state index in [1.165, 1.54) is 19.2 Å². The first kappa shape index (κ1) is 16.4. The van der Waals surface area contributed by atoms with Crippen LogP contribution in [0.25, 0.3) is 0 Å². The second kappa shape index (κ2) is 6.19. The number of ether oxygens (including phenoxy) is 2. The summed E-state index contributed by atoms with van der Waals surface area (Å²) in [4.78, 5) is 20.4. The van der Waals surface area contributed by atoms with Crippen molar-refractivity contribution in [2.45, 2.75) is 25.7 Å². The number of carbonyl (C=O) groups is 1. The van der Waals surface area contributed by atoms with Gasteiger partial charge in [0.1, 0.15) is 11.6 Å². The highest BCUT2D eigenvalue weighted by molar-refractivity contribution is 5.79. The number of halogens is 1. The lowest BCUT2D eigenvalue weighted by molar-refractivity contribution is -0.142. The Hall–Kier alpha value is -2.50. The summed E-state index contributed by atoms with van der Waals surface area (Å²) in [7, 11) is 1.36. The minimum absolute atomic E-state index is 0.240. The Morgan fingerprint density at radius 1 is 1.42 bits per heavy atom. The molecule has 1 aliphatic carbocycles. The molecule has 2 atom stereocenters. The summed E-state index contributed by atoms with van der Waals surface area (Å²) < 4.78 is 24.4. The number of rotatable bonds is 5. The normalized spacial score (nSPS) is 22.1. The molecule has 1 saturated carbocycles. The second-order valence-corrected chi connectivity index (χ2v) is 6.10. The van der Waals surface area contributed by atoms with E-state index < -0.39 is 5.41 Å². The fourth-order valence-corrected chi connectivity index (χ4v) is 3.04. The van der Waals surface area contributed by atoms with E-state index >= 15 is 0 Å². The third-order valence-corrected chi connectivity index (χ3v) is 4.50. The number of nitrogens with zero attached hydrogens (tertiary/aromatic N) is 2. The van der Waals surface area contributed by atoms with Crippen LogP contribution in [0.2, 0.25) is 0 Å². The van der Waals surface area contributed by atoms with Crippen LogP contribution in [0.1, 0.15) is 23.5 Å². The van der Waals surface area contributed by atoms with Gasteiger partial charge in [0.05, 0.1) is 31.5 Å². The molecule has 1 heterocycles. The lowest BCUT2D eigenvalue weighted by Crippen LogP contribution is -2.24. The number of hydrogen-bond donors (Lipinski definition) is 0. The van der Waals surface area contributed by atoms with Gasteiger partial charge in [-0.25, -0.2) is 14.4 Å². The lowest BCUT2D eigenvalue weighted by Gasteiger charge is -2.19. The van der Waals surface area contributed by atoms with Crippen molar-refractivity contribution < 1.29 is 18.7 Å². The monoisotopic (exact) mass is 330 g/mol. The van der Waals surface area contributed by atoms with Gasteiger partial charge in [-0.1, -0.05) is 12.1 Å². The summed E-state index contributed by atoms with van der Waals surface area (Å²) in [5, 5.41) is 0. The smallest absolute Gasteiger partial charge is 0.309 e. The Kier molecular flexibility index (Phi) is 4.22. The number of hydrogen-bond acceptors (Lipinski definition) is 5. The maximum absolute atomic E-state index is 13.6. The molecule has 6 heteroatoms. The van der Waals surface area contributed by atoms with Crippen LogP contribution in [-0.4, -0.2) is 29.7 Å². The van der Waals surface area contributed by atoms with E-state index in [1.807, 2.05) is 13.0 Å². The van der Waals surface area contributed by atoms with E-state index in [-0.39, 0.29) is 24.3 Å². The summed E-state index contributed by atoms with van der Waals surface area (Å²) >= 11 is 0. The molecular weight excluding hydrogens is 311 g/mol. The van der Waals surface area contributed by atoms with Crippen molar-refractivity contribution in [3.63, 3.8) is 0 Å². The zero-order valence-electron chi connectivity index (χ0n) is 13.9. The molecule has 0 unspecified atom stereocenters. The maximum atomic E-state index is 13.6. The first-order chi connectivity index (χ1) is 11.5. The first-order valence-corrected chi connectivity index (χ1v) is 7.73. The van der Waals surface area contributed by atoms with Gasteiger partial charge in [0, 0.05) is 5.41 Å². The van der Waals surface area contributed by atoms with Crippen LogP contribution in [-0.2, 0) is 14.9 Å². The van der Waals surface area contributed by atoms with E-state index in [9.17, 15) is 9.18 Å². The number of methoxy groups -OCH3 is 1. The average Bonchev–Trinajstić information content (AvgIpc) is 3.29. The van der Waals surface area contributed by atoms with E-state index in [4.69, 9.17) is 9.47 Å². The molecule has 0 N–H and O–H groups in total. The van der Waals surface area contributed by atoms with Crippen LogP contribution in [0, 0.1) is 25.6 Å². The molecule has 0 bridgehead atoms. The van der Waals surface area contributed by atoms with Crippen LogP contribution < -0.4 is 4.74 Å². The van der Waals surface area contributed by atoms with E-state index in [1.54, 1.807) is 19.2 Å². The van der Waals surface area contributed by atoms with Gasteiger partial charge >= 0.3 is 5.97 Å². The molecule has 1 fully saturated rings. The molecule has 2 aromatic rings. The summed E-state index contributed by atoms with van der Waals surface area (Å²) in [5.74, 6) is 0.249. The van der Waals surface area contributed by atoms with Gasteiger partial charge < -0.3 is 9.47 Å². The summed E-state index contributed by atoms with van der Waals surface area (Å²) in [6.07, 6.45) is 2.18. The van der Waals surface area contributed by atoms with Crippen LogP contribution in [0.3, 0.4) is 0 Å². The van der Waals surface area contributed by atoms with Crippen molar-refractivity contribution >= 4 is 5.97 Å². The molecule has 0 radical (unpaired) electrons. The Bertz CT molecular complexity index is 781. The minimum atomic E-state index is -0.577. The number of aromatic nitrogens is 2. The predicted molar refractivity (Wildman–Crippen MR) is 85.2 cm³/mol. The predicted octanol–water partition coefficient (Wildman–Crippen LogP) is 2.74. The molecule has 24 heavy (non-hydrogen) atoms. The third kappa shape index (κ3) is 2.96. The number of carbonyl (C=O) groups excluding carboxylic acids is 1. The van der Waals surface area contributed by atoms with E-state index in [0.717, 1.165) is 11.3 Å². The topological polar surface area (TPSA) is 61.3 Å². The van der Waals surface area contributed by atoms with Crippen LogP contribution in [0.5, 0.6) is 5.75 Å². The van der Waals surface area contributed by atoms with Crippen molar-refractivity contribution in [1.82, 2.24) is 9.97 Å². The SMILES string of the molecule is COC(=O)[C@@H]1C[C@@]1(COc1cnc(C)nc1C)c1cccc(F)c1. The average molecular weight is 330 g/mol. The fourth-order valence-electron chi connectivity index (χ4n) is 3.04. The molecule has 5 nitrogen and oxygen atoms in total. The summed E-state index contributed by atoms with van der Waals surface area (Å²) in [6.45, 7) is 3.88. The molecule has 126 valence electrons. The van der Waals surface area contributed by atoms with Gasteiger partial charge in [-0.05, 0) is 38.0 Å². The molecule has 3 rings (SSSR count). The van der Waals surface area contributed by atoms with Gasteiger partial charge in [0.25, 0.3) is 0 Å². The highest BCUT2D eigenvalue weighted by Crippen LogP contribution is 2.55. The quantitative estimate of drug-likeness (QED) is 0.789. The number of esters is 1. The highest BCUT2D eigenvalue weighted by Gasteiger charge is 2.61. The molecule has 1 aliphatic rings. The first-order valence-electron chi connectivity index (χ1n) is 7.73. The molecule has 0 spiro atoms. The molecule has 1 aromatic carbocycles. The summed E-state index contributed by atoms with van der Waals surface area (Å²) in [5.41, 5.74) is 0.891. The fraction of sp³-hybridized carbons (Fsp3) is 0.389. The Balaban J connectivity index is 1.86. The Labute approximate surface area is 139 Å². The van der Waals surface area contributed by atoms with Crippen molar-refractivity contribution in [3.05, 3.63) is 53.4 Å². The van der Waals surface area contributed by atoms with Gasteiger partial charge in [-0.3, -0.25) is 4.79 Å². The van der Waals surface area contributed by atoms with Gasteiger partial charge in [-0.2, -0.15) is 0 Å². The van der Waals surface area contributed by atoms with Crippen LogP contribution in [0.4, 0.5) is 4.39 Å². The Morgan fingerprint density at radius 3 is 2.88 bits per heavy atom. The Morgan fingerprint density at radius 2 is 2.21 bits per heavy atom. The largest absolute Gasteiger partial charge is 0.489 e. The van der Waals surface area contributed by atoms with Crippen molar-refractivity contribution in [3.8, 4) is 5.75 Å². The number of aryl methyl sites for hydroxylation is 2. The molecule has 0 aliphatic heterocycles. The van der Waals surface area contributed by atoms with E-state index in [0.29, 0.717) is 18.0 Å². The van der Waals surface area contributed by atoms with Crippen molar-refractivity contribution in [2.24, 2.45) is 5.92 Å². The second-order valence-electron chi connectivity index (χ2n) is 6.10. The molecular formula is C18H19FN2O3. The zero-order valence-corrected chi connectivity index (χ0v) is 13.9. The van der Waals surface area contributed by atoms with Gasteiger partial charge in [-0.15, -0.1) is 0 Å². The molecule has 0 saturated heterocycles. The lowest BCUT2D eigenvalue weighted by atomic mass is 9.94. The van der Waals surface area contributed by atoms with E-state index in [2.05, 4.69) is 9.97 Å². The van der Waals surface area contributed by atoms with Crippen molar-refractivity contribution in [2.75, 3.05) is 13.7 Å². The van der Waals surface area contributed by atoms with Crippen LogP contribution in [0.15, 0.2) is 30.5 Å².